The first kappa shape index (κ1) is 21.1. The molecule has 168 valence electrons. The van der Waals surface area contributed by atoms with Crippen molar-refractivity contribution in [3.8, 4) is 11.1 Å². The molecule has 1 aliphatic heterocycles. The van der Waals surface area contributed by atoms with Crippen molar-refractivity contribution in [2.75, 3.05) is 38.5 Å². The van der Waals surface area contributed by atoms with E-state index in [2.05, 4.69) is 24.9 Å². The molecular weight excluding hydrogens is 433 g/mol. The molecule has 0 bridgehead atoms. The van der Waals surface area contributed by atoms with Gasteiger partial charge in [-0.25, -0.2) is 22.5 Å². The number of H-pyrrole nitrogens is 1. The van der Waals surface area contributed by atoms with Gasteiger partial charge in [0.2, 0.25) is 15.9 Å². The first-order valence-corrected chi connectivity index (χ1v) is 12.2. The molecule has 1 aliphatic rings. The summed E-state index contributed by atoms with van der Waals surface area (Å²) in [5.74, 6) is 0.0546. The summed E-state index contributed by atoms with van der Waals surface area (Å²) in [7, 11) is -3.43. The molecule has 32 heavy (non-hydrogen) atoms. The van der Waals surface area contributed by atoms with Gasteiger partial charge < -0.3 is 14.7 Å². The van der Waals surface area contributed by atoms with Crippen molar-refractivity contribution in [3.05, 3.63) is 54.3 Å². The summed E-state index contributed by atoms with van der Waals surface area (Å²) >= 11 is 0. The van der Waals surface area contributed by atoms with E-state index in [-0.39, 0.29) is 18.1 Å². The Morgan fingerprint density at radius 3 is 2.84 bits per heavy atom. The Labute approximate surface area is 184 Å². The monoisotopic (exact) mass is 457 g/mol. The molecule has 0 aliphatic carbocycles. The van der Waals surface area contributed by atoms with E-state index in [4.69, 9.17) is 4.42 Å². The number of sulfonamides is 1. The van der Waals surface area contributed by atoms with Crippen molar-refractivity contribution >= 4 is 32.0 Å². The first-order chi connectivity index (χ1) is 15.5. The van der Waals surface area contributed by atoms with Crippen LogP contribution in [-0.2, 0) is 16.6 Å². The Hall–Kier alpha value is -2.79. The van der Waals surface area contributed by atoms with Gasteiger partial charge in [0.05, 0.1) is 12.3 Å². The van der Waals surface area contributed by atoms with Crippen molar-refractivity contribution in [2.45, 2.75) is 6.54 Å². The quantitative estimate of drug-likeness (QED) is 0.394. The number of hydrogen-bond acceptors (Lipinski definition) is 6. The van der Waals surface area contributed by atoms with E-state index in [1.165, 1.54) is 12.1 Å². The van der Waals surface area contributed by atoms with Crippen molar-refractivity contribution in [1.82, 2.24) is 24.9 Å². The molecule has 2 aromatic carbocycles. The minimum absolute atomic E-state index is 0.000262. The largest absolute Gasteiger partial charge is 0.439 e. The first-order valence-electron chi connectivity index (χ1n) is 10.5. The van der Waals surface area contributed by atoms with E-state index >= 15 is 0 Å². The van der Waals surface area contributed by atoms with Gasteiger partial charge in [-0.1, -0.05) is 6.07 Å². The molecule has 3 heterocycles. The number of hydrogen-bond donors (Lipinski definition) is 3. The zero-order chi connectivity index (χ0) is 22.1. The SMILES string of the molecule is O=S(=O)(CCN1CCNCC1)NCc1nc2ccc(-c3c[nH]c4cc(F)ccc34)cc2o1. The average molecular weight is 458 g/mol. The molecule has 1 saturated heterocycles. The molecule has 2 aromatic heterocycles. The van der Waals surface area contributed by atoms with E-state index in [9.17, 15) is 12.8 Å². The lowest BCUT2D eigenvalue weighted by Gasteiger charge is -2.26. The molecule has 0 radical (unpaired) electrons. The minimum atomic E-state index is -3.43. The number of piperazine rings is 1. The van der Waals surface area contributed by atoms with E-state index in [1.54, 1.807) is 6.07 Å². The van der Waals surface area contributed by atoms with Crippen LogP contribution < -0.4 is 10.0 Å². The van der Waals surface area contributed by atoms with Gasteiger partial charge in [0.25, 0.3) is 0 Å². The number of nitrogens with zero attached hydrogens (tertiary/aromatic N) is 2. The molecule has 1 fully saturated rings. The highest BCUT2D eigenvalue weighted by molar-refractivity contribution is 7.89. The molecule has 0 unspecified atom stereocenters. The standard InChI is InChI=1S/C22H24FN5O3S/c23-16-2-3-17-18(13-25-20(17)12-16)15-1-4-19-21(11-15)31-22(27-19)14-26-32(29,30)10-9-28-7-5-24-6-8-28/h1-4,11-13,24-26H,5-10,14H2. The summed E-state index contributed by atoms with van der Waals surface area (Å²) in [6.07, 6.45) is 1.83. The highest BCUT2D eigenvalue weighted by Gasteiger charge is 2.17. The van der Waals surface area contributed by atoms with Gasteiger partial charge >= 0.3 is 0 Å². The summed E-state index contributed by atoms with van der Waals surface area (Å²) in [4.78, 5) is 9.61. The molecule has 5 rings (SSSR count). The lowest BCUT2D eigenvalue weighted by atomic mass is 10.0. The topological polar surface area (TPSA) is 103 Å². The van der Waals surface area contributed by atoms with E-state index in [0.29, 0.717) is 29.1 Å². The van der Waals surface area contributed by atoms with E-state index in [1.807, 2.05) is 24.4 Å². The third-order valence-electron chi connectivity index (χ3n) is 5.72. The van der Waals surface area contributed by atoms with Gasteiger partial charge in [-0.15, -0.1) is 0 Å². The van der Waals surface area contributed by atoms with Crippen molar-refractivity contribution in [3.63, 3.8) is 0 Å². The van der Waals surface area contributed by atoms with Gasteiger partial charge in [-0.3, -0.25) is 4.90 Å². The number of halogens is 1. The Morgan fingerprint density at radius 2 is 2.00 bits per heavy atom. The Bertz CT molecular complexity index is 1360. The summed E-state index contributed by atoms with van der Waals surface area (Å²) in [6, 6.07) is 10.2. The van der Waals surface area contributed by atoms with Gasteiger partial charge in [0.1, 0.15) is 11.3 Å². The summed E-state index contributed by atoms with van der Waals surface area (Å²) in [6.45, 7) is 3.98. The second kappa shape index (κ2) is 8.62. The van der Waals surface area contributed by atoms with Crippen LogP contribution in [0, 0.1) is 5.82 Å². The normalized spacial score (nSPS) is 15.7. The maximum absolute atomic E-state index is 13.5. The zero-order valence-corrected chi connectivity index (χ0v) is 18.2. The lowest BCUT2D eigenvalue weighted by Crippen LogP contribution is -2.45. The molecule has 10 heteroatoms. The van der Waals surface area contributed by atoms with Crippen LogP contribution in [0.5, 0.6) is 0 Å². The fraction of sp³-hybridized carbons (Fsp3) is 0.318. The van der Waals surface area contributed by atoms with Crippen LogP contribution in [0.3, 0.4) is 0 Å². The smallest absolute Gasteiger partial charge is 0.213 e. The van der Waals surface area contributed by atoms with E-state index in [0.717, 1.165) is 42.7 Å². The molecule has 0 atom stereocenters. The number of aromatic nitrogens is 2. The van der Waals surface area contributed by atoms with Crippen molar-refractivity contribution in [2.24, 2.45) is 0 Å². The van der Waals surface area contributed by atoms with Crippen molar-refractivity contribution in [1.29, 1.82) is 0 Å². The van der Waals surface area contributed by atoms with Crippen molar-refractivity contribution < 1.29 is 17.2 Å². The molecule has 0 saturated carbocycles. The van der Waals surface area contributed by atoms with Crippen LogP contribution in [0.2, 0.25) is 0 Å². The summed E-state index contributed by atoms with van der Waals surface area (Å²) < 4.78 is 46.6. The molecule has 0 amide bonds. The number of rotatable bonds is 7. The van der Waals surface area contributed by atoms with Gasteiger partial charge in [0.15, 0.2) is 5.58 Å². The third kappa shape index (κ3) is 4.53. The van der Waals surface area contributed by atoms with Gasteiger partial charge in [-0.05, 0) is 35.9 Å². The summed E-state index contributed by atoms with van der Waals surface area (Å²) in [5, 5.41) is 4.16. The number of nitrogens with one attached hydrogen (secondary N) is 3. The Balaban J connectivity index is 1.28. The van der Waals surface area contributed by atoms with Crippen LogP contribution in [0.4, 0.5) is 4.39 Å². The predicted molar refractivity (Wildman–Crippen MR) is 121 cm³/mol. The highest BCUT2D eigenvalue weighted by Crippen LogP contribution is 2.31. The average Bonchev–Trinajstić information content (AvgIpc) is 3.40. The Morgan fingerprint density at radius 1 is 1.16 bits per heavy atom. The number of oxazole rings is 1. The second-order valence-electron chi connectivity index (χ2n) is 7.91. The lowest BCUT2D eigenvalue weighted by molar-refractivity contribution is 0.253. The maximum Gasteiger partial charge on any atom is 0.213 e. The molecule has 0 spiro atoms. The fourth-order valence-corrected chi connectivity index (χ4v) is 4.97. The van der Waals surface area contributed by atoms with Gasteiger partial charge in [0, 0.05) is 55.4 Å². The van der Waals surface area contributed by atoms with Gasteiger partial charge in [-0.2, -0.15) is 0 Å². The molecule has 4 aromatic rings. The van der Waals surface area contributed by atoms with E-state index < -0.39 is 10.0 Å². The maximum atomic E-state index is 13.5. The third-order valence-corrected chi connectivity index (χ3v) is 7.02. The van der Waals surface area contributed by atoms with Crippen LogP contribution in [0.1, 0.15) is 5.89 Å². The fourth-order valence-electron chi connectivity index (χ4n) is 3.98. The van der Waals surface area contributed by atoms with Crippen LogP contribution >= 0.6 is 0 Å². The Kier molecular flexibility index (Phi) is 5.68. The zero-order valence-electron chi connectivity index (χ0n) is 17.4. The van der Waals surface area contributed by atoms with Crippen LogP contribution in [-0.4, -0.2) is 61.8 Å². The predicted octanol–water partition coefficient (Wildman–Crippen LogP) is 2.44. The molecule has 3 N–H and O–H groups in total. The minimum Gasteiger partial charge on any atom is -0.439 e. The van der Waals surface area contributed by atoms with Crippen LogP contribution in [0.15, 0.2) is 47.0 Å². The number of aromatic amines is 1. The molecule has 8 nitrogen and oxygen atoms in total. The number of benzene rings is 2. The second-order valence-corrected chi connectivity index (χ2v) is 9.84. The van der Waals surface area contributed by atoms with Crippen LogP contribution in [0.25, 0.3) is 33.1 Å². The number of fused-ring (bicyclic) bond motifs is 2. The highest BCUT2D eigenvalue weighted by atomic mass is 32.2. The molecular formula is C22H24FN5O3S. The summed E-state index contributed by atoms with van der Waals surface area (Å²) in [5.41, 5.74) is 3.75.